The molecule has 158 valence electrons. The molecule has 1 saturated carbocycles. The summed E-state index contributed by atoms with van der Waals surface area (Å²) in [5.41, 5.74) is 1.23. The van der Waals surface area contributed by atoms with Crippen LogP contribution >= 0.6 is 0 Å². The Balaban J connectivity index is 1.31. The maximum Gasteiger partial charge on any atom is 0.263 e. The lowest BCUT2D eigenvalue weighted by Gasteiger charge is -2.41. The minimum atomic E-state index is -0.193. The third-order valence-corrected chi connectivity index (χ3v) is 6.47. The van der Waals surface area contributed by atoms with E-state index in [4.69, 9.17) is 0 Å². The van der Waals surface area contributed by atoms with Crippen molar-refractivity contribution in [3.63, 3.8) is 0 Å². The molecule has 0 amide bonds. The van der Waals surface area contributed by atoms with Crippen LogP contribution in [-0.4, -0.2) is 61.0 Å². The molecule has 5 rings (SSSR count). The second-order valence-electron chi connectivity index (χ2n) is 8.42. The van der Waals surface area contributed by atoms with Gasteiger partial charge in [-0.3, -0.25) is 14.7 Å². The maximum atomic E-state index is 12.6. The van der Waals surface area contributed by atoms with E-state index < -0.39 is 0 Å². The zero-order valence-corrected chi connectivity index (χ0v) is 17.0. The van der Waals surface area contributed by atoms with Crippen LogP contribution in [0.1, 0.15) is 38.5 Å². The number of piperidine rings is 1. The highest BCUT2D eigenvalue weighted by molar-refractivity contribution is 5.76. The van der Waals surface area contributed by atoms with Gasteiger partial charge in [-0.15, -0.1) is 0 Å². The first-order chi connectivity index (χ1) is 14.7. The summed E-state index contributed by atoms with van der Waals surface area (Å²) in [6.07, 6.45) is 7.65. The number of nitrogens with zero attached hydrogens (tertiary/aromatic N) is 4. The summed E-state index contributed by atoms with van der Waals surface area (Å²) in [4.78, 5) is 22.5. The number of rotatable bonds is 4. The van der Waals surface area contributed by atoms with Crippen LogP contribution in [0.15, 0.2) is 41.3 Å². The molecule has 2 aromatic heterocycles. The minimum Gasteiger partial charge on any atom is -0.391 e. The topological polar surface area (TPSA) is 99.1 Å². The summed E-state index contributed by atoms with van der Waals surface area (Å²) in [5.74, 6) is 0.487. The predicted molar refractivity (Wildman–Crippen MR) is 116 cm³/mol. The van der Waals surface area contributed by atoms with E-state index in [9.17, 15) is 9.90 Å². The Morgan fingerprint density at radius 2 is 1.83 bits per heavy atom. The van der Waals surface area contributed by atoms with Gasteiger partial charge in [0.05, 0.1) is 18.0 Å². The van der Waals surface area contributed by atoms with E-state index in [0.29, 0.717) is 23.0 Å². The summed E-state index contributed by atoms with van der Waals surface area (Å²) >= 11 is 0. The highest BCUT2D eigenvalue weighted by atomic mass is 16.3. The second kappa shape index (κ2) is 8.20. The Morgan fingerprint density at radius 3 is 2.60 bits per heavy atom. The average Bonchev–Trinajstić information content (AvgIpc) is 3.20. The van der Waals surface area contributed by atoms with E-state index in [2.05, 4.69) is 25.3 Å². The Kier molecular flexibility index (Phi) is 5.26. The number of nitrogens with one attached hydrogen (secondary N) is 2. The van der Waals surface area contributed by atoms with Gasteiger partial charge in [-0.1, -0.05) is 31.0 Å². The molecule has 1 aromatic carbocycles. The van der Waals surface area contributed by atoms with Crippen molar-refractivity contribution in [2.24, 2.45) is 0 Å². The summed E-state index contributed by atoms with van der Waals surface area (Å²) in [6, 6.07) is 10.2. The summed E-state index contributed by atoms with van der Waals surface area (Å²) in [7, 11) is 0. The van der Waals surface area contributed by atoms with Crippen molar-refractivity contribution in [1.82, 2.24) is 24.6 Å². The molecule has 8 heteroatoms. The quantitative estimate of drug-likeness (QED) is 0.613. The number of aromatic amines is 1. The number of aliphatic hydroxyl groups is 1. The molecule has 30 heavy (non-hydrogen) atoms. The molecule has 3 aromatic rings. The lowest BCUT2D eigenvalue weighted by atomic mass is 9.89. The fourth-order valence-electron chi connectivity index (χ4n) is 4.83. The van der Waals surface area contributed by atoms with Crippen molar-refractivity contribution >= 4 is 17.0 Å². The fraction of sp³-hybridized carbons (Fsp3) is 0.500. The molecule has 1 aliphatic heterocycles. The van der Waals surface area contributed by atoms with Crippen LogP contribution < -0.4 is 10.9 Å². The summed E-state index contributed by atoms with van der Waals surface area (Å²) in [5, 5.41) is 18.6. The largest absolute Gasteiger partial charge is 0.391 e. The highest BCUT2D eigenvalue weighted by Crippen LogP contribution is 2.26. The number of aliphatic hydroxyl groups excluding tert-OH is 1. The van der Waals surface area contributed by atoms with Gasteiger partial charge in [-0.25, -0.2) is 4.68 Å². The molecule has 2 fully saturated rings. The number of fused-ring (bicyclic) bond motifs is 1. The average molecular weight is 409 g/mol. The lowest BCUT2D eigenvalue weighted by molar-refractivity contribution is 0.00991. The molecular formula is C22H28N6O2. The first kappa shape index (κ1) is 19.3. The molecule has 2 aliphatic rings. The van der Waals surface area contributed by atoms with Gasteiger partial charge in [0.2, 0.25) is 5.95 Å². The number of anilines is 1. The molecule has 8 nitrogen and oxygen atoms in total. The summed E-state index contributed by atoms with van der Waals surface area (Å²) < 4.78 is 1.70. The van der Waals surface area contributed by atoms with E-state index in [0.717, 1.165) is 50.9 Å². The van der Waals surface area contributed by atoms with Gasteiger partial charge in [0, 0.05) is 25.2 Å². The molecule has 2 atom stereocenters. The van der Waals surface area contributed by atoms with E-state index in [-0.39, 0.29) is 17.7 Å². The van der Waals surface area contributed by atoms with Gasteiger partial charge in [0.1, 0.15) is 5.39 Å². The molecule has 3 heterocycles. The molecule has 0 bridgehead atoms. The first-order valence-electron chi connectivity index (χ1n) is 10.9. The standard InChI is InChI=1S/C22H28N6O2/c29-19-9-5-4-8-18(19)27-12-10-15(11-13-27)24-22-25-20-17(21(30)26-22)14-23-28(20)16-6-2-1-3-7-16/h1-3,6-7,14-15,18-19,29H,4-5,8-13H2,(H2,24,25,26,30). The maximum absolute atomic E-state index is 12.6. The number of hydrogen-bond acceptors (Lipinski definition) is 6. The van der Waals surface area contributed by atoms with Crippen LogP contribution in [0.25, 0.3) is 16.7 Å². The lowest BCUT2D eigenvalue weighted by Crippen LogP contribution is -2.50. The van der Waals surface area contributed by atoms with Gasteiger partial charge in [0.15, 0.2) is 5.65 Å². The Hall–Kier alpha value is -2.71. The first-order valence-corrected chi connectivity index (χ1v) is 10.9. The van der Waals surface area contributed by atoms with Crippen LogP contribution in [0.4, 0.5) is 5.95 Å². The normalized spacial score (nSPS) is 23.6. The molecule has 2 unspecified atom stereocenters. The molecule has 1 saturated heterocycles. The van der Waals surface area contributed by atoms with Crippen molar-refractivity contribution in [3.8, 4) is 5.69 Å². The molecule has 3 N–H and O–H groups in total. The van der Waals surface area contributed by atoms with E-state index in [1.54, 1.807) is 10.9 Å². The van der Waals surface area contributed by atoms with Crippen molar-refractivity contribution in [2.75, 3.05) is 18.4 Å². The van der Waals surface area contributed by atoms with Crippen LogP contribution in [0.5, 0.6) is 0 Å². The zero-order valence-electron chi connectivity index (χ0n) is 17.0. The van der Waals surface area contributed by atoms with Gasteiger partial charge in [-0.05, 0) is 37.8 Å². The monoisotopic (exact) mass is 408 g/mol. The smallest absolute Gasteiger partial charge is 0.263 e. The fourth-order valence-corrected chi connectivity index (χ4v) is 4.83. The van der Waals surface area contributed by atoms with E-state index in [1.807, 2.05) is 30.3 Å². The van der Waals surface area contributed by atoms with Crippen molar-refractivity contribution in [2.45, 2.75) is 56.7 Å². The Bertz CT molecular complexity index is 1050. The van der Waals surface area contributed by atoms with Gasteiger partial charge >= 0.3 is 0 Å². The number of likely N-dealkylation sites (tertiary alicyclic amines) is 1. The Labute approximate surface area is 174 Å². The predicted octanol–water partition coefficient (Wildman–Crippen LogP) is 2.29. The van der Waals surface area contributed by atoms with Gasteiger partial charge in [-0.2, -0.15) is 10.1 Å². The van der Waals surface area contributed by atoms with E-state index >= 15 is 0 Å². The van der Waals surface area contributed by atoms with E-state index in [1.165, 1.54) is 6.42 Å². The van der Waals surface area contributed by atoms with Crippen LogP contribution in [-0.2, 0) is 0 Å². The number of para-hydroxylation sites is 1. The third-order valence-electron chi connectivity index (χ3n) is 6.47. The minimum absolute atomic E-state index is 0.188. The third kappa shape index (κ3) is 3.73. The number of H-pyrrole nitrogens is 1. The number of aromatic nitrogens is 4. The molecular weight excluding hydrogens is 380 g/mol. The molecule has 0 radical (unpaired) electrons. The van der Waals surface area contributed by atoms with Crippen LogP contribution in [0.3, 0.4) is 0 Å². The van der Waals surface area contributed by atoms with Gasteiger partial charge < -0.3 is 10.4 Å². The van der Waals surface area contributed by atoms with Crippen molar-refractivity contribution in [3.05, 3.63) is 46.9 Å². The number of benzene rings is 1. The zero-order chi connectivity index (χ0) is 20.5. The van der Waals surface area contributed by atoms with Crippen molar-refractivity contribution < 1.29 is 5.11 Å². The summed E-state index contributed by atoms with van der Waals surface area (Å²) in [6.45, 7) is 1.90. The molecule has 1 aliphatic carbocycles. The van der Waals surface area contributed by atoms with Crippen molar-refractivity contribution in [1.29, 1.82) is 0 Å². The molecule has 0 spiro atoms. The highest BCUT2D eigenvalue weighted by Gasteiger charge is 2.31. The van der Waals surface area contributed by atoms with Crippen LogP contribution in [0.2, 0.25) is 0 Å². The Morgan fingerprint density at radius 1 is 1.07 bits per heavy atom. The number of hydrogen-bond donors (Lipinski definition) is 3. The second-order valence-corrected chi connectivity index (χ2v) is 8.42. The SMILES string of the molecule is O=c1[nH]c(NC2CCN(C3CCCCC3O)CC2)nc2c1cnn2-c1ccccc1. The van der Waals surface area contributed by atoms with Crippen LogP contribution in [0, 0.1) is 0 Å². The van der Waals surface area contributed by atoms with Gasteiger partial charge in [0.25, 0.3) is 5.56 Å².